The summed E-state index contributed by atoms with van der Waals surface area (Å²) in [5.74, 6) is -1.27. The van der Waals surface area contributed by atoms with Crippen LogP contribution in [0.3, 0.4) is 0 Å². The molecule has 2 N–H and O–H groups in total. The Morgan fingerprint density at radius 1 is 1.00 bits per heavy atom. The van der Waals surface area contributed by atoms with Crippen LogP contribution in [0.1, 0.15) is 11.1 Å². The van der Waals surface area contributed by atoms with Crippen LogP contribution in [0.15, 0.2) is 59.8 Å². The number of aromatic nitrogens is 2. The molecule has 0 unspecified atom stereocenters. The van der Waals surface area contributed by atoms with E-state index in [1.165, 1.54) is 20.5 Å². The molecule has 1 aromatic heterocycles. The van der Waals surface area contributed by atoms with Gasteiger partial charge < -0.3 is 20.1 Å². The topological polar surface area (TPSA) is 106 Å². The van der Waals surface area contributed by atoms with Crippen LogP contribution in [0.5, 0.6) is 11.5 Å². The summed E-state index contributed by atoms with van der Waals surface area (Å²) in [6.07, 6.45) is 1.17. The molecule has 14 heteroatoms. The predicted octanol–water partition coefficient (Wildman–Crippen LogP) is 5.74. The van der Waals surface area contributed by atoms with Crippen LogP contribution < -0.4 is 24.4 Å². The van der Waals surface area contributed by atoms with Gasteiger partial charge in [0, 0.05) is 53.0 Å². The lowest BCUT2D eigenvalue weighted by atomic mass is 10.1. The van der Waals surface area contributed by atoms with E-state index in [1.807, 2.05) is 0 Å². The second-order valence-corrected chi connectivity index (χ2v) is 11.3. The summed E-state index contributed by atoms with van der Waals surface area (Å²) < 4.78 is 73.3. The maximum atomic E-state index is 15.4. The number of halogens is 3. The summed E-state index contributed by atoms with van der Waals surface area (Å²) in [6, 6.07) is 11.4. The molecule has 4 rings (SSSR count). The van der Waals surface area contributed by atoms with Crippen molar-refractivity contribution in [3.05, 3.63) is 89.6 Å². The van der Waals surface area contributed by atoms with Crippen molar-refractivity contribution in [2.75, 3.05) is 35.7 Å². The molecule has 3 aromatic carbocycles. The molecule has 0 saturated carbocycles. The highest BCUT2D eigenvalue weighted by molar-refractivity contribution is 7.93. The molecule has 0 bridgehead atoms. The molecule has 0 aliphatic heterocycles. The number of sulfonamides is 1. The third-order valence-corrected chi connectivity index (χ3v) is 8.61. The summed E-state index contributed by atoms with van der Waals surface area (Å²) >= 11 is 6.84. The summed E-state index contributed by atoms with van der Waals surface area (Å²) in [4.78, 5) is 3.14. The molecule has 1 heterocycles. The summed E-state index contributed by atoms with van der Waals surface area (Å²) in [7, 11) is -1.73. The fraction of sp³-hybridized carbons (Fsp3) is 0.192. The zero-order chi connectivity index (χ0) is 28.9. The number of benzene rings is 3. The van der Waals surface area contributed by atoms with Gasteiger partial charge in [0.2, 0.25) is 5.13 Å². The Balaban J connectivity index is 1.66. The van der Waals surface area contributed by atoms with E-state index in [9.17, 15) is 8.42 Å². The minimum absolute atomic E-state index is 0.0342. The molecule has 40 heavy (non-hydrogen) atoms. The van der Waals surface area contributed by atoms with Gasteiger partial charge in [0.25, 0.3) is 10.0 Å². The lowest BCUT2D eigenvalue weighted by Crippen LogP contribution is -2.31. The van der Waals surface area contributed by atoms with Gasteiger partial charge in [-0.05, 0) is 42.8 Å². The Morgan fingerprint density at radius 2 is 1.77 bits per heavy atom. The molecule has 4 aromatic rings. The van der Waals surface area contributed by atoms with E-state index >= 15 is 8.78 Å². The van der Waals surface area contributed by atoms with Crippen LogP contribution in [-0.2, 0) is 23.1 Å². The van der Waals surface area contributed by atoms with E-state index in [1.54, 1.807) is 36.4 Å². The van der Waals surface area contributed by atoms with Gasteiger partial charge in [0.15, 0.2) is 0 Å². The monoisotopic (exact) mass is 608 g/mol. The zero-order valence-corrected chi connectivity index (χ0v) is 23.8. The van der Waals surface area contributed by atoms with E-state index in [4.69, 9.17) is 21.1 Å². The first kappa shape index (κ1) is 29.3. The molecule has 211 valence electrons. The molecule has 0 saturated heterocycles. The van der Waals surface area contributed by atoms with Crippen LogP contribution in [0.2, 0.25) is 5.02 Å². The molecule has 0 aliphatic rings. The van der Waals surface area contributed by atoms with Gasteiger partial charge in [-0.2, -0.15) is 4.37 Å². The molecule has 0 spiro atoms. The van der Waals surface area contributed by atoms with E-state index in [-0.39, 0.29) is 23.9 Å². The van der Waals surface area contributed by atoms with Crippen LogP contribution in [-0.4, -0.2) is 38.5 Å². The lowest BCUT2D eigenvalue weighted by molar-refractivity contribution is 0.391. The standard InChI is InChI=1S/C26H25ClF2N5O4S2/c1-4-30-22-9-18(27)7-5-16(22)13-31-23-11-21(29)25(12-20(23)28)40(35,36)34(26-32-15-33-39-26)14-17-6-8-19(37-2)10-24(17)38-3/h5-12,15,30-31H,1,4,13-14H2,2-3H3. The summed E-state index contributed by atoms with van der Waals surface area (Å²) in [6.45, 7) is 3.94. The molecule has 1 radical (unpaired) electrons. The van der Waals surface area contributed by atoms with Crippen molar-refractivity contribution < 1.29 is 26.7 Å². The van der Waals surface area contributed by atoms with Crippen molar-refractivity contribution in [1.82, 2.24) is 9.36 Å². The Bertz CT molecular complexity index is 1590. The lowest BCUT2D eigenvalue weighted by Gasteiger charge is -2.23. The Morgan fingerprint density at radius 3 is 2.45 bits per heavy atom. The number of methoxy groups -OCH3 is 2. The van der Waals surface area contributed by atoms with Gasteiger partial charge in [-0.3, -0.25) is 0 Å². The average molecular weight is 609 g/mol. The first-order valence-electron chi connectivity index (χ1n) is 11.7. The number of nitrogens with one attached hydrogen (secondary N) is 2. The van der Waals surface area contributed by atoms with Crippen molar-refractivity contribution in [3.8, 4) is 11.5 Å². The Hall–Kier alpha value is -3.68. The maximum Gasteiger partial charge on any atom is 0.269 e. The van der Waals surface area contributed by atoms with Gasteiger partial charge in [-0.25, -0.2) is 26.5 Å². The van der Waals surface area contributed by atoms with Crippen LogP contribution in [0.4, 0.5) is 25.3 Å². The smallest absolute Gasteiger partial charge is 0.269 e. The Labute approximate surface area is 239 Å². The minimum Gasteiger partial charge on any atom is -0.497 e. The number of ether oxygens (including phenoxy) is 2. The van der Waals surface area contributed by atoms with Crippen LogP contribution in [0.25, 0.3) is 0 Å². The Kier molecular flexibility index (Phi) is 9.28. The third kappa shape index (κ3) is 6.37. The van der Waals surface area contributed by atoms with Crippen molar-refractivity contribution in [1.29, 1.82) is 0 Å². The molecule has 0 atom stereocenters. The molecular weight excluding hydrogens is 584 g/mol. The summed E-state index contributed by atoms with van der Waals surface area (Å²) in [5.41, 5.74) is 1.62. The number of hydrogen-bond donors (Lipinski definition) is 2. The van der Waals surface area contributed by atoms with E-state index in [2.05, 4.69) is 26.9 Å². The van der Waals surface area contributed by atoms with Crippen LogP contribution >= 0.6 is 23.1 Å². The third-order valence-electron chi connectivity index (χ3n) is 5.82. The average Bonchev–Trinajstić information content (AvgIpc) is 3.47. The fourth-order valence-corrected chi connectivity index (χ4v) is 6.20. The van der Waals surface area contributed by atoms with Crippen molar-refractivity contribution >= 4 is 49.7 Å². The van der Waals surface area contributed by atoms with Gasteiger partial charge in [0.05, 0.1) is 26.5 Å². The molecule has 9 nitrogen and oxygen atoms in total. The highest BCUT2D eigenvalue weighted by Gasteiger charge is 2.32. The van der Waals surface area contributed by atoms with E-state index in [0.29, 0.717) is 40.4 Å². The molecule has 0 amide bonds. The molecule has 0 fully saturated rings. The second-order valence-electron chi connectivity index (χ2n) is 8.26. The van der Waals surface area contributed by atoms with Crippen LogP contribution in [0, 0.1) is 18.6 Å². The highest BCUT2D eigenvalue weighted by Crippen LogP contribution is 2.33. The van der Waals surface area contributed by atoms with Gasteiger partial charge in [-0.1, -0.05) is 17.7 Å². The van der Waals surface area contributed by atoms with Crippen molar-refractivity contribution in [2.24, 2.45) is 0 Å². The van der Waals surface area contributed by atoms with Crippen molar-refractivity contribution in [2.45, 2.75) is 18.0 Å². The number of rotatable bonds is 12. The predicted molar refractivity (Wildman–Crippen MR) is 152 cm³/mol. The van der Waals surface area contributed by atoms with E-state index in [0.717, 1.165) is 27.5 Å². The van der Waals surface area contributed by atoms with Gasteiger partial charge >= 0.3 is 0 Å². The summed E-state index contributed by atoms with van der Waals surface area (Å²) in [5, 5.41) is 6.33. The zero-order valence-electron chi connectivity index (χ0n) is 21.4. The largest absolute Gasteiger partial charge is 0.497 e. The van der Waals surface area contributed by atoms with Gasteiger partial charge in [0.1, 0.15) is 34.4 Å². The molecular formula is C26H25ClF2N5O4S2. The number of anilines is 3. The van der Waals surface area contributed by atoms with E-state index < -0.39 is 26.6 Å². The minimum atomic E-state index is -4.64. The fourth-order valence-electron chi connectivity index (χ4n) is 3.84. The van der Waals surface area contributed by atoms with Crippen molar-refractivity contribution in [3.63, 3.8) is 0 Å². The maximum absolute atomic E-state index is 15.4. The van der Waals surface area contributed by atoms with Gasteiger partial charge in [-0.15, -0.1) is 0 Å². The second kappa shape index (κ2) is 12.7. The quantitative estimate of drug-likeness (QED) is 0.210. The highest BCUT2D eigenvalue weighted by atomic mass is 35.5. The SMILES string of the molecule is [CH2]CNc1cc(Cl)ccc1CNc1cc(F)c(S(=O)(=O)N(Cc2ccc(OC)cc2OC)c2ncns2)cc1F. The number of nitrogens with zero attached hydrogens (tertiary/aromatic N) is 3. The first-order chi connectivity index (χ1) is 19.2. The number of hydrogen-bond acceptors (Lipinski definition) is 9. The first-order valence-corrected chi connectivity index (χ1v) is 14.3. The normalized spacial score (nSPS) is 11.2. The molecule has 0 aliphatic carbocycles.